The van der Waals surface area contributed by atoms with Crippen molar-refractivity contribution >= 4 is 41.5 Å². The van der Waals surface area contributed by atoms with Gasteiger partial charge in [-0.2, -0.15) is 0 Å². The lowest BCUT2D eigenvalue weighted by molar-refractivity contribution is 0.0939. The normalized spacial score (nSPS) is 14.0. The minimum absolute atomic E-state index is 0. The molecule has 0 aliphatic carbocycles. The average Bonchev–Trinajstić information content (AvgIpc) is 3.01. The Morgan fingerprint density at radius 1 is 1.13 bits per heavy atom. The minimum atomic E-state index is -0.0547. The maximum Gasteiger partial charge on any atom is 0.251 e. The molecule has 0 saturated carbocycles. The van der Waals surface area contributed by atoms with Crippen molar-refractivity contribution < 1.29 is 14.3 Å². The summed E-state index contributed by atoms with van der Waals surface area (Å²) in [6, 6.07) is 13.5. The summed E-state index contributed by atoms with van der Waals surface area (Å²) in [7, 11) is 1.72. The number of rotatable bonds is 6. The van der Waals surface area contributed by atoms with Crippen LogP contribution in [-0.4, -0.2) is 38.2 Å². The van der Waals surface area contributed by atoms with Crippen LogP contribution in [0.4, 0.5) is 5.69 Å². The Morgan fingerprint density at radius 3 is 2.65 bits per heavy atom. The Morgan fingerprint density at radius 2 is 1.90 bits per heavy atom. The van der Waals surface area contributed by atoms with Gasteiger partial charge in [0.15, 0.2) is 17.5 Å². The Bertz CT molecular complexity index is 904. The number of hydrogen-bond donors (Lipinski definition) is 3. The number of anilines is 1. The topological polar surface area (TPSA) is 84.0 Å². The second-order valence-electron chi connectivity index (χ2n) is 7.25. The number of benzene rings is 2. The predicted octanol–water partition coefficient (Wildman–Crippen LogP) is 4.18. The Kier molecular flexibility index (Phi) is 9.90. The quantitative estimate of drug-likeness (QED) is 0.292. The molecule has 1 unspecified atom stereocenters. The van der Waals surface area contributed by atoms with Gasteiger partial charge in [0.05, 0.1) is 13.2 Å². The van der Waals surface area contributed by atoms with Crippen molar-refractivity contribution in [3.05, 3.63) is 53.6 Å². The molecule has 0 fully saturated rings. The van der Waals surface area contributed by atoms with Gasteiger partial charge in [0, 0.05) is 43.4 Å². The first-order chi connectivity index (χ1) is 14.6. The molecule has 3 N–H and O–H groups in total. The number of carbonyl (C=O) groups is 1. The number of guanidine groups is 1. The number of amides is 1. The monoisotopic (exact) mass is 538 g/mol. The molecule has 3 rings (SSSR count). The number of hydrogen-bond acceptors (Lipinski definition) is 4. The van der Waals surface area contributed by atoms with Gasteiger partial charge < -0.3 is 25.4 Å². The summed E-state index contributed by atoms with van der Waals surface area (Å²) in [4.78, 5) is 16.6. The zero-order valence-electron chi connectivity index (χ0n) is 18.2. The van der Waals surface area contributed by atoms with Crippen molar-refractivity contribution in [2.24, 2.45) is 4.99 Å². The summed E-state index contributed by atoms with van der Waals surface area (Å²) in [5.41, 5.74) is 2.50. The Hall–Kier alpha value is -2.49. The van der Waals surface area contributed by atoms with Gasteiger partial charge in [-0.1, -0.05) is 19.1 Å². The first kappa shape index (κ1) is 24.8. The van der Waals surface area contributed by atoms with Gasteiger partial charge in [-0.25, -0.2) is 0 Å². The molecule has 0 aromatic heterocycles. The molecular weight excluding hydrogens is 507 g/mol. The maximum atomic E-state index is 12.4. The second-order valence-corrected chi connectivity index (χ2v) is 7.25. The molecule has 7 nitrogen and oxygen atoms in total. The van der Waals surface area contributed by atoms with E-state index in [4.69, 9.17) is 9.47 Å². The van der Waals surface area contributed by atoms with Gasteiger partial charge in [0.1, 0.15) is 0 Å². The van der Waals surface area contributed by atoms with Gasteiger partial charge in [0.2, 0.25) is 0 Å². The lowest BCUT2D eigenvalue weighted by Crippen LogP contribution is -2.32. The molecule has 1 amide bonds. The number of ether oxygens (including phenoxy) is 2. The molecule has 2 aromatic carbocycles. The fourth-order valence-electron chi connectivity index (χ4n) is 2.97. The summed E-state index contributed by atoms with van der Waals surface area (Å²) in [5, 5.41) is 9.54. The number of carbonyl (C=O) groups excluding carboxylic acids is 1. The minimum Gasteiger partial charge on any atom is -0.490 e. The molecule has 0 saturated heterocycles. The molecule has 0 bridgehead atoms. The van der Waals surface area contributed by atoms with Gasteiger partial charge in [-0.05, 0) is 43.2 Å². The molecule has 31 heavy (non-hydrogen) atoms. The third-order valence-corrected chi connectivity index (χ3v) is 4.87. The predicted molar refractivity (Wildman–Crippen MR) is 135 cm³/mol. The first-order valence-electron chi connectivity index (χ1n) is 10.4. The van der Waals surface area contributed by atoms with Crippen LogP contribution >= 0.6 is 24.0 Å². The fraction of sp³-hybridized carbons (Fsp3) is 0.391. The molecule has 2 aromatic rings. The highest BCUT2D eigenvalue weighted by atomic mass is 127. The van der Waals surface area contributed by atoms with Crippen LogP contribution in [0.25, 0.3) is 0 Å². The van der Waals surface area contributed by atoms with Crippen molar-refractivity contribution in [2.45, 2.75) is 39.3 Å². The van der Waals surface area contributed by atoms with Crippen molar-refractivity contribution in [1.82, 2.24) is 10.6 Å². The zero-order valence-corrected chi connectivity index (χ0v) is 20.6. The van der Waals surface area contributed by atoms with Crippen LogP contribution in [-0.2, 0) is 6.54 Å². The summed E-state index contributed by atoms with van der Waals surface area (Å²) < 4.78 is 11.4. The highest BCUT2D eigenvalue weighted by Crippen LogP contribution is 2.32. The average molecular weight is 538 g/mol. The van der Waals surface area contributed by atoms with Gasteiger partial charge >= 0.3 is 0 Å². The highest BCUT2D eigenvalue weighted by molar-refractivity contribution is 14.0. The van der Waals surface area contributed by atoms with Crippen LogP contribution < -0.4 is 25.4 Å². The Balaban J connectivity index is 0.00000341. The molecule has 8 heteroatoms. The van der Waals surface area contributed by atoms with E-state index in [1.165, 1.54) is 0 Å². The molecule has 1 heterocycles. The lowest BCUT2D eigenvalue weighted by atomic mass is 10.1. The van der Waals surface area contributed by atoms with Crippen LogP contribution in [0.3, 0.4) is 0 Å². The maximum absolute atomic E-state index is 12.4. The standard InChI is InChI=1S/C23H30N4O3.HI/c1-4-16(2)26-22(28)18-8-5-7-17(13-18)15-25-23(24-3)27-19-9-10-20-21(14-19)30-12-6-11-29-20;/h5,7-10,13-14,16H,4,6,11-12,15H2,1-3H3,(H,26,28)(H2,24,25,27);1H. The zero-order chi connectivity index (χ0) is 21.3. The van der Waals surface area contributed by atoms with E-state index in [1.807, 2.05) is 56.3 Å². The van der Waals surface area contributed by atoms with E-state index in [-0.39, 0.29) is 35.9 Å². The van der Waals surface area contributed by atoms with E-state index in [0.29, 0.717) is 31.3 Å². The molecule has 0 radical (unpaired) electrons. The first-order valence-corrected chi connectivity index (χ1v) is 10.4. The van der Waals surface area contributed by atoms with Crippen molar-refractivity contribution in [2.75, 3.05) is 25.6 Å². The van der Waals surface area contributed by atoms with E-state index in [0.717, 1.165) is 35.6 Å². The van der Waals surface area contributed by atoms with E-state index < -0.39 is 0 Å². The molecule has 1 aliphatic rings. The summed E-state index contributed by atoms with van der Waals surface area (Å²) >= 11 is 0. The third kappa shape index (κ3) is 7.30. The van der Waals surface area contributed by atoms with Gasteiger partial charge in [-0.15, -0.1) is 24.0 Å². The van der Waals surface area contributed by atoms with E-state index in [9.17, 15) is 4.79 Å². The number of nitrogens with zero attached hydrogens (tertiary/aromatic N) is 1. The van der Waals surface area contributed by atoms with Crippen molar-refractivity contribution in [1.29, 1.82) is 0 Å². The highest BCUT2D eigenvalue weighted by Gasteiger charge is 2.12. The number of aliphatic imine (C=N–C) groups is 1. The van der Waals surface area contributed by atoms with Crippen LogP contribution in [0.1, 0.15) is 42.6 Å². The molecule has 168 valence electrons. The second kappa shape index (κ2) is 12.4. The molecule has 1 atom stereocenters. The smallest absolute Gasteiger partial charge is 0.251 e. The van der Waals surface area contributed by atoms with Crippen molar-refractivity contribution in [3.8, 4) is 11.5 Å². The Labute approximate surface area is 201 Å². The van der Waals surface area contributed by atoms with Crippen LogP contribution in [0.15, 0.2) is 47.5 Å². The third-order valence-electron chi connectivity index (χ3n) is 4.87. The fourth-order valence-corrected chi connectivity index (χ4v) is 2.97. The lowest BCUT2D eigenvalue weighted by Gasteiger charge is -2.15. The van der Waals surface area contributed by atoms with E-state index in [2.05, 4.69) is 20.9 Å². The van der Waals surface area contributed by atoms with Crippen molar-refractivity contribution in [3.63, 3.8) is 0 Å². The largest absolute Gasteiger partial charge is 0.490 e. The summed E-state index contributed by atoms with van der Waals surface area (Å²) in [6.07, 6.45) is 1.77. The van der Waals surface area contributed by atoms with E-state index in [1.54, 1.807) is 7.05 Å². The number of fused-ring (bicyclic) bond motifs is 1. The number of nitrogens with one attached hydrogen (secondary N) is 3. The van der Waals surface area contributed by atoms with Crippen LogP contribution in [0.2, 0.25) is 0 Å². The summed E-state index contributed by atoms with van der Waals surface area (Å²) in [6.45, 7) is 5.89. The van der Waals surface area contributed by atoms with Gasteiger partial charge in [-0.3, -0.25) is 9.79 Å². The van der Waals surface area contributed by atoms with Crippen LogP contribution in [0, 0.1) is 0 Å². The molecule has 0 spiro atoms. The van der Waals surface area contributed by atoms with Gasteiger partial charge in [0.25, 0.3) is 5.91 Å². The van der Waals surface area contributed by atoms with E-state index >= 15 is 0 Å². The summed E-state index contributed by atoms with van der Waals surface area (Å²) in [5.74, 6) is 2.06. The number of halogens is 1. The molecular formula is C23H31IN4O3. The van der Waals surface area contributed by atoms with Crippen LogP contribution in [0.5, 0.6) is 11.5 Å². The molecule has 1 aliphatic heterocycles. The SMILES string of the molecule is CCC(C)NC(=O)c1cccc(CNC(=NC)Nc2ccc3c(c2)OCCCO3)c1.I.